The summed E-state index contributed by atoms with van der Waals surface area (Å²) >= 11 is 0. The molecule has 1 fully saturated rings. The summed E-state index contributed by atoms with van der Waals surface area (Å²) < 4.78 is 28.4. The summed E-state index contributed by atoms with van der Waals surface area (Å²) in [6.07, 6.45) is 7.39. The Morgan fingerprint density at radius 3 is 2.81 bits per heavy atom. The van der Waals surface area contributed by atoms with Gasteiger partial charge in [0.1, 0.15) is 18.2 Å². The van der Waals surface area contributed by atoms with Crippen LogP contribution < -0.4 is 10.0 Å². The number of sulfonamides is 1. The van der Waals surface area contributed by atoms with E-state index in [4.69, 9.17) is 0 Å². The molecule has 1 aromatic carbocycles. The lowest BCUT2D eigenvalue weighted by molar-refractivity contribution is -0.114. The first-order chi connectivity index (χ1) is 13.0. The number of aliphatic imine (C=N–C) groups is 1. The minimum Gasteiger partial charge on any atom is -0.309 e. The maximum absolute atomic E-state index is 12.3. The van der Waals surface area contributed by atoms with E-state index in [1.54, 1.807) is 30.5 Å². The third-order valence-corrected chi connectivity index (χ3v) is 6.30. The Kier molecular flexibility index (Phi) is 4.69. The molecule has 0 atom stereocenters. The molecule has 1 aliphatic carbocycles. The summed E-state index contributed by atoms with van der Waals surface area (Å²) in [5.41, 5.74) is 0.484. The van der Waals surface area contributed by atoms with Crippen LogP contribution in [-0.4, -0.2) is 36.5 Å². The molecule has 8 nitrogen and oxygen atoms in total. The second kappa shape index (κ2) is 7.15. The van der Waals surface area contributed by atoms with Crippen molar-refractivity contribution in [2.75, 3.05) is 11.9 Å². The van der Waals surface area contributed by atoms with Gasteiger partial charge in [-0.05, 0) is 25.0 Å². The molecule has 0 spiro atoms. The molecule has 0 saturated heterocycles. The zero-order valence-electron chi connectivity index (χ0n) is 14.8. The van der Waals surface area contributed by atoms with Crippen LogP contribution in [0.25, 0.3) is 0 Å². The first-order valence-corrected chi connectivity index (χ1v) is 10.5. The lowest BCUT2D eigenvalue weighted by Gasteiger charge is -2.23. The Labute approximate surface area is 157 Å². The van der Waals surface area contributed by atoms with E-state index in [2.05, 4.69) is 20.1 Å². The highest BCUT2D eigenvalue weighted by Crippen LogP contribution is 2.29. The number of fused-ring (bicyclic) bond motifs is 1. The predicted octanol–water partition coefficient (Wildman–Crippen LogP) is 2.07. The van der Waals surface area contributed by atoms with E-state index < -0.39 is 10.0 Å². The Bertz CT molecular complexity index is 990. The fraction of sp³-hybridized carbons (Fsp3) is 0.389. The van der Waals surface area contributed by atoms with Crippen molar-refractivity contribution in [3.63, 3.8) is 0 Å². The monoisotopic (exact) mass is 387 g/mol. The standard InChI is InChI=1S/C18H21N5O3S/c24-17(21-16-10-11-20-23(16)13-6-2-1-3-7-13)12-19-18-14-8-4-5-9-15(14)27(25,26)22-18/h4-5,8-11,13H,1-3,6-7,12H2,(H,19,22)(H,21,24). The van der Waals surface area contributed by atoms with E-state index >= 15 is 0 Å². The maximum atomic E-state index is 12.3. The number of rotatable bonds is 4. The van der Waals surface area contributed by atoms with Gasteiger partial charge in [0.05, 0.1) is 17.1 Å². The molecule has 2 heterocycles. The minimum absolute atomic E-state index is 0.179. The first-order valence-electron chi connectivity index (χ1n) is 9.04. The van der Waals surface area contributed by atoms with Crippen LogP contribution in [0.2, 0.25) is 0 Å². The molecule has 2 aromatic rings. The van der Waals surface area contributed by atoms with E-state index in [-0.39, 0.29) is 23.2 Å². The molecule has 1 amide bonds. The highest BCUT2D eigenvalue weighted by atomic mass is 32.2. The van der Waals surface area contributed by atoms with Crippen molar-refractivity contribution in [2.45, 2.75) is 43.0 Å². The van der Waals surface area contributed by atoms with Crippen LogP contribution >= 0.6 is 0 Å². The summed E-state index contributed by atoms with van der Waals surface area (Å²) in [7, 11) is -3.60. The van der Waals surface area contributed by atoms with Gasteiger partial charge in [0.2, 0.25) is 5.91 Å². The second-order valence-corrected chi connectivity index (χ2v) is 8.42. The van der Waals surface area contributed by atoms with Crippen LogP contribution in [0.1, 0.15) is 43.7 Å². The number of hydrogen-bond acceptors (Lipinski definition) is 5. The third kappa shape index (κ3) is 3.59. The molecule has 1 aliphatic heterocycles. The summed E-state index contributed by atoms with van der Waals surface area (Å²) in [5, 5.41) is 7.19. The molecule has 0 bridgehead atoms. The molecular formula is C18H21N5O3S. The van der Waals surface area contributed by atoms with Crippen LogP contribution in [0.15, 0.2) is 46.4 Å². The van der Waals surface area contributed by atoms with E-state index in [0.717, 1.165) is 12.8 Å². The van der Waals surface area contributed by atoms with Gasteiger partial charge in [-0.3, -0.25) is 14.5 Å². The van der Waals surface area contributed by atoms with Crippen molar-refractivity contribution in [1.29, 1.82) is 0 Å². The number of benzene rings is 1. The van der Waals surface area contributed by atoms with E-state index in [0.29, 0.717) is 17.4 Å². The number of nitrogens with zero attached hydrogens (tertiary/aromatic N) is 3. The third-order valence-electron chi connectivity index (χ3n) is 4.90. The van der Waals surface area contributed by atoms with Crippen molar-refractivity contribution in [3.05, 3.63) is 42.1 Å². The molecule has 4 rings (SSSR count). The zero-order chi connectivity index (χ0) is 18.9. The first kappa shape index (κ1) is 17.7. The van der Waals surface area contributed by atoms with Crippen LogP contribution in [0, 0.1) is 0 Å². The Hall–Kier alpha value is -2.68. The average molecular weight is 387 g/mol. The van der Waals surface area contributed by atoms with E-state index in [1.165, 1.54) is 25.3 Å². The number of carbonyl (C=O) groups is 1. The Morgan fingerprint density at radius 1 is 1.22 bits per heavy atom. The molecule has 142 valence electrons. The number of carbonyl (C=O) groups excluding carboxylic acids is 1. The number of anilines is 1. The van der Waals surface area contributed by atoms with Gasteiger partial charge < -0.3 is 5.32 Å². The van der Waals surface area contributed by atoms with E-state index in [1.807, 2.05) is 4.68 Å². The molecule has 2 N–H and O–H groups in total. The van der Waals surface area contributed by atoms with Crippen molar-refractivity contribution in [1.82, 2.24) is 14.5 Å². The Morgan fingerprint density at radius 2 is 2.00 bits per heavy atom. The molecule has 2 aliphatic rings. The number of amides is 1. The van der Waals surface area contributed by atoms with Crippen LogP contribution in [0.4, 0.5) is 5.82 Å². The van der Waals surface area contributed by atoms with Crippen LogP contribution in [0.3, 0.4) is 0 Å². The van der Waals surface area contributed by atoms with Crippen molar-refractivity contribution >= 4 is 27.6 Å². The molecule has 9 heteroatoms. The summed E-state index contributed by atoms with van der Waals surface area (Å²) in [6, 6.07) is 8.65. The number of nitrogens with one attached hydrogen (secondary N) is 2. The van der Waals surface area contributed by atoms with Gasteiger partial charge >= 0.3 is 0 Å². The Balaban J connectivity index is 1.46. The number of hydrogen-bond donors (Lipinski definition) is 2. The zero-order valence-corrected chi connectivity index (χ0v) is 15.6. The van der Waals surface area contributed by atoms with Crippen molar-refractivity contribution in [3.8, 4) is 0 Å². The molecule has 0 unspecified atom stereocenters. The largest absolute Gasteiger partial charge is 0.309 e. The molecule has 1 aromatic heterocycles. The summed E-state index contributed by atoms with van der Waals surface area (Å²) in [5.74, 6) is 0.532. The minimum atomic E-state index is -3.60. The van der Waals surface area contributed by atoms with Crippen molar-refractivity contribution < 1.29 is 13.2 Å². The van der Waals surface area contributed by atoms with Gasteiger partial charge in [0, 0.05) is 11.6 Å². The van der Waals surface area contributed by atoms with Gasteiger partial charge in [0.15, 0.2) is 0 Å². The second-order valence-electron chi connectivity index (χ2n) is 6.77. The highest BCUT2D eigenvalue weighted by Gasteiger charge is 2.30. The lowest BCUT2D eigenvalue weighted by atomic mass is 9.96. The number of aromatic nitrogens is 2. The van der Waals surface area contributed by atoms with Gasteiger partial charge in [0.25, 0.3) is 10.0 Å². The summed E-state index contributed by atoms with van der Waals surface area (Å²) in [6.45, 7) is -0.179. The molecular weight excluding hydrogens is 366 g/mol. The van der Waals surface area contributed by atoms with Crippen molar-refractivity contribution in [2.24, 2.45) is 4.99 Å². The van der Waals surface area contributed by atoms with Gasteiger partial charge in [-0.25, -0.2) is 13.1 Å². The molecule has 27 heavy (non-hydrogen) atoms. The van der Waals surface area contributed by atoms with Gasteiger partial charge in [-0.1, -0.05) is 31.4 Å². The maximum Gasteiger partial charge on any atom is 0.263 e. The van der Waals surface area contributed by atoms with Gasteiger partial charge in [-0.15, -0.1) is 0 Å². The molecule has 1 saturated carbocycles. The SMILES string of the molecule is O=C(CN=C1NS(=O)(=O)c2ccccc21)Nc1ccnn1C1CCCCC1. The topological polar surface area (TPSA) is 105 Å². The normalized spacial score (nSPS) is 20.2. The predicted molar refractivity (Wildman–Crippen MR) is 101 cm³/mol. The highest BCUT2D eigenvalue weighted by molar-refractivity contribution is 7.90. The van der Waals surface area contributed by atoms with Crippen LogP contribution in [-0.2, 0) is 14.8 Å². The van der Waals surface area contributed by atoms with E-state index in [9.17, 15) is 13.2 Å². The fourth-order valence-electron chi connectivity index (χ4n) is 3.61. The van der Waals surface area contributed by atoms with Gasteiger partial charge in [-0.2, -0.15) is 5.10 Å². The lowest BCUT2D eigenvalue weighted by Crippen LogP contribution is -2.25. The fourth-order valence-corrected chi connectivity index (χ4v) is 4.87. The average Bonchev–Trinajstić information content (AvgIpc) is 3.23. The number of amidine groups is 1. The molecule has 0 radical (unpaired) electrons. The smallest absolute Gasteiger partial charge is 0.263 e. The quantitative estimate of drug-likeness (QED) is 0.838. The summed E-state index contributed by atoms with van der Waals surface area (Å²) in [4.78, 5) is 16.7. The van der Waals surface area contributed by atoms with Crippen LogP contribution in [0.5, 0.6) is 0 Å².